The van der Waals surface area contributed by atoms with E-state index in [4.69, 9.17) is 5.11 Å². The molecule has 1 aromatic carbocycles. The topological polar surface area (TPSA) is 32.3 Å². The van der Waals surface area contributed by atoms with E-state index in [-0.39, 0.29) is 19.0 Å². The number of hydrogen-bond acceptors (Lipinski definition) is 2. The number of rotatable bonds is 1. The first-order chi connectivity index (χ1) is 5.42. The summed E-state index contributed by atoms with van der Waals surface area (Å²) in [7, 11) is 0. The van der Waals surface area contributed by atoms with Crippen LogP contribution < -0.4 is 5.32 Å². The van der Waals surface area contributed by atoms with Crippen molar-refractivity contribution in [3.05, 3.63) is 29.8 Å². The molecule has 12 heavy (non-hydrogen) atoms. The largest absolute Gasteiger partial charge is 0.396 e. The molecule has 1 aliphatic heterocycles. The zero-order valence-electron chi connectivity index (χ0n) is 6.66. The maximum Gasteiger partial charge on any atom is 0.0517 e. The van der Waals surface area contributed by atoms with Crippen LogP contribution in [0, 0.1) is 0 Å². The number of nitrogens with one attached hydrogen (secondary N) is 1. The van der Waals surface area contributed by atoms with Gasteiger partial charge in [0.25, 0.3) is 0 Å². The molecule has 0 aromatic heterocycles. The number of aliphatic hydroxyl groups excluding tert-OH is 1. The molecule has 3 heteroatoms. The summed E-state index contributed by atoms with van der Waals surface area (Å²) >= 11 is 0. The number of benzene rings is 1. The van der Waals surface area contributed by atoms with E-state index < -0.39 is 0 Å². The lowest BCUT2D eigenvalue weighted by Gasteiger charge is -2.03. The minimum atomic E-state index is 0. The van der Waals surface area contributed by atoms with Gasteiger partial charge in [0.15, 0.2) is 0 Å². The molecule has 0 saturated heterocycles. The summed E-state index contributed by atoms with van der Waals surface area (Å²) in [5.41, 5.74) is 2.42. The predicted molar refractivity (Wildman–Crippen MR) is 52.0 cm³/mol. The number of para-hydroxylation sites is 1. The zero-order chi connectivity index (χ0) is 7.68. The SMILES string of the molecule is Cl.OCC1CNc2ccccc21. The van der Waals surface area contributed by atoms with Gasteiger partial charge >= 0.3 is 0 Å². The van der Waals surface area contributed by atoms with E-state index in [9.17, 15) is 0 Å². The van der Waals surface area contributed by atoms with E-state index in [2.05, 4.69) is 11.4 Å². The Morgan fingerprint density at radius 2 is 2.17 bits per heavy atom. The summed E-state index contributed by atoms with van der Waals surface area (Å²) in [5.74, 6) is 0.297. The highest BCUT2D eigenvalue weighted by Gasteiger charge is 2.19. The maximum absolute atomic E-state index is 8.97. The van der Waals surface area contributed by atoms with Gasteiger partial charge in [0.05, 0.1) is 6.61 Å². The molecule has 1 heterocycles. The minimum Gasteiger partial charge on any atom is -0.396 e. The number of anilines is 1. The molecule has 2 nitrogen and oxygen atoms in total. The first-order valence-electron chi connectivity index (χ1n) is 3.85. The monoisotopic (exact) mass is 185 g/mol. The van der Waals surface area contributed by atoms with Crippen LogP contribution >= 0.6 is 12.4 Å². The maximum atomic E-state index is 8.97. The second kappa shape index (κ2) is 3.78. The van der Waals surface area contributed by atoms with Gasteiger partial charge < -0.3 is 10.4 Å². The summed E-state index contributed by atoms with van der Waals surface area (Å²) in [6, 6.07) is 8.13. The quantitative estimate of drug-likeness (QED) is 0.697. The van der Waals surface area contributed by atoms with Crippen LogP contribution in [0.15, 0.2) is 24.3 Å². The second-order valence-corrected chi connectivity index (χ2v) is 2.85. The normalized spacial score (nSPS) is 19.2. The van der Waals surface area contributed by atoms with Crippen LogP contribution in [-0.4, -0.2) is 18.3 Å². The fraction of sp³-hybridized carbons (Fsp3) is 0.333. The van der Waals surface area contributed by atoms with Crippen LogP contribution in [0.2, 0.25) is 0 Å². The van der Waals surface area contributed by atoms with Crippen molar-refractivity contribution in [2.45, 2.75) is 5.92 Å². The highest BCUT2D eigenvalue weighted by molar-refractivity contribution is 5.85. The van der Waals surface area contributed by atoms with Crippen LogP contribution in [0.1, 0.15) is 11.5 Å². The number of hydrogen-bond donors (Lipinski definition) is 2. The van der Waals surface area contributed by atoms with E-state index in [0.29, 0.717) is 5.92 Å². The van der Waals surface area contributed by atoms with Crippen molar-refractivity contribution in [1.29, 1.82) is 0 Å². The molecule has 0 fully saturated rings. The molecule has 0 amide bonds. The fourth-order valence-electron chi connectivity index (χ4n) is 1.52. The lowest BCUT2D eigenvalue weighted by molar-refractivity contribution is 0.273. The molecule has 0 radical (unpaired) electrons. The van der Waals surface area contributed by atoms with E-state index in [1.807, 2.05) is 18.2 Å². The smallest absolute Gasteiger partial charge is 0.0517 e. The standard InChI is InChI=1S/C9H11NO.ClH/c11-6-7-5-10-9-4-2-1-3-8(7)9;/h1-4,7,10-11H,5-6H2;1H. The number of aliphatic hydroxyl groups is 1. The number of fused-ring (bicyclic) bond motifs is 1. The van der Waals surface area contributed by atoms with Crippen LogP contribution in [0.5, 0.6) is 0 Å². The van der Waals surface area contributed by atoms with Gasteiger partial charge in [-0.25, -0.2) is 0 Å². The first-order valence-corrected chi connectivity index (χ1v) is 3.85. The van der Waals surface area contributed by atoms with Crippen molar-refractivity contribution in [1.82, 2.24) is 0 Å². The molecule has 1 aromatic rings. The van der Waals surface area contributed by atoms with Crippen molar-refractivity contribution < 1.29 is 5.11 Å². The van der Waals surface area contributed by atoms with Crippen molar-refractivity contribution >= 4 is 18.1 Å². The minimum absolute atomic E-state index is 0. The molecule has 0 saturated carbocycles. The summed E-state index contributed by atoms with van der Waals surface area (Å²) in [6.07, 6.45) is 0. The van der Waals surface area contributed by atoms with Crippen LogP contribution in [0.4, 0.5) is 5.69 Å². The molecule has 66 valence electrons. The van der Waals surface area contributed by atoms with Crippen molar-refractivity contribution in [2.75, 3.05) is 18.5 Å². The van der Waals surface area contributed by atoms with Gasteiger partial charge in [-0.3, -0.25) is 0 Å². The average Bonchev–Trinajstić information content (AvgIpc) is 2.47. The average molecular weight is 186 g/mol. The molecule has 2 N–H and O–H groups in total. The lowest BCUT2D eigenvalue weighted by atomic mass is 10.0. The summed E-state index contributed by atoms with van der Waals surface area (Å²) in [5, 5.41) is 12.2. The van der Waals surface area contributed by atoms with Gasteiger partial charge in [-0.1, -0.05) is 18.2 Å². The van der Waals surface area contributed by atoms with Gasteiger partial charge in [-0.15, -0.1) is 12.4 Å². The summed E-state index contributed by atoms with van der Waals surface area (Å²) in [6.45, 7) is 1.11. The Kier molecular flexibility index (Phi) is 2.95. The van der Waals surface area contributed by atoms with Crippen molar-refractivity contribution in [3.8, 4) is 0 Å². The molecule has 0 spiro atoms. The van der Waals surface area contributed by atoms with Crippen LogP contribution in [0.25, 0.3) is 0 Å². The third-order valence-electron chi connectivity index (χ3n) is 2.16. The third kappa shape index (κ3) is 1.40. The highest BCUT2D eigenvalue weighted by Crippen LogP contribution is 2.29. The van der Waals surface area contributed by atoms with Gasteiger partial charge in [0.1, 0.15) is 0 Å². The van der Waals surface area contributed by atoms with Crippen LogP contribution in [-0.2, 0) is 0 Å². The zero-order valence-corrected chi connectivity index (χ0v) is 7.47. The Bertz CT molecular complexity index is 264. The Labute approximate surface area is 78.0 Å². The molecule has 1 atom stereocenters. The van der Waals surface area contributed by atoms with Crippen molar-refractivity contribution in [3.63, 3.8) is 0 Å². The first kappa shape index (κ1) is 9.36. The van der Waals surface area contributed by atoms with Crippen molar-refractivity contribution in [2.24, 2.45) is 0 Å². The molecule has 2 rings (SSSR count). The Morgan fingerprint density at radius 3 is 2.92 bits per heavy atom. The lowest BCUT2D eigenvalue weighted by Crippen LogP contribution is -2.05. The van der Waals surface area contributed by atoms with Crippen LogP contribution in [0.3, 0.4) is 0 Å². The van der Waals surface area contributed by atoms with Gasteiger partial charge in [-0.05, 0) is 11.6 Å². The Balaban J connectivity index is 0.000000720. The van der Waals surface area contributed by atoms with E-state index in [0.717, 1.165) is 6.54 Å². The Morgan fingerprint density at radius 1 is 1.42 bits per heavy atom. The number of halogens is 1. The van der Waals surface area contributed by atoms with Gasteiger partial charge in [0.2, 0.25) is 0 Å². The molecule has 1 aliphatic rings. The van der Waals surface area contributed by atoms with Gasteiger partial charge in [0, 0.05) is 18.2 Å². The van der Waals surface area contributed by atoms with E-state index in [1.54, 1.807) is 0 Å². The second-order valence-electron chi connectivity index (χ2n) is 2.85. The molecule has 0 aliphatic carbocycles. The predicted octanol–water partition coefficient (Wildman–Crippen LogP) is 1.61. The molecular weight excluding hydrogens is 174 g/mol. The van der Waals surface area contributed by atoms with E-state index >= 15 is 0 Å². The Hall–Kier alpha value is -0.730. The molecule has 0 bridgehead atoms. The van der Waals surface area contributed by atoms with E-state index in [1.165, 1.54) is 11.3 Å². The highest BCUT2D eigenvalue weighted by atomic mass is 35.5. The summed E-state index contributed by atoms with van der Waals surface area (Å²) < 4.78 is 0. The molecular formula is C9H12ClNO. The fourth-order valence-corrected chi connectivity index (χ4v) is 1.52. The molecule has 1 unspecified atom stereocenters. The third-order valence-corrected chi connectivity index (χ3v) is 2.16. The summed E-state index contributed by atoms with van der Waals surface area (Å²) in [4.78, 5) is 0. The van der Waals surface area contributed by atoms with Gasteiger partial charge in [-0.2, -0.15) is 0 Å².